The van der Waals surface area contributed by atoms with Crippen LogP contribution in [0.5, 0.6) is 23.0 Å². The van der Waals surface area contributed by atoms with E-state index in [1.807, 2.05) is 72.8 Å². The summed E-state index contributed by atoms with van der Waals surface area (Å²) in [6, 6.07) is 23.4. The Hall–Kier alpha value is -3.79. The third-order valence-electron chi connectivity index (χ3n) is 5.10. The lowest BCUT2D eigenvalue weighted by molar-refractivity contribution is 0.112. The maximum atomic E-state index is 11.7. The summed E-state index contributed by atoms with van der Waals surface area (Å²) in [5.41, 5.74) is 3.37. The minimum absolute atomic E-state index is 0.616. The molecular weight excluding hydrogens is 338 g/mol. The van der Waals surface area contributed by atoms with Gasteiger partial charge in [-0.25, -0.2) is 0 Å². The van der Waals surface area contributed by atoms with Crippen molar-refractivity contribution in [2.45, 2.75) is 0 Å². The van der Waals surface area contributed by atoms with Gasteiger partial charge in [0.2, 0.25) is 0 Å². The topological polar surface area (TPSA) is 38.8 Å². The second-order valence-corrected chi connectivity index (χ2v) is 6.59. The normalized spacial score (nSPS) is 13.1. The standard InChI is InChI=1S/C23H13NO3/c25-13-14-12-21-22(16-7-2-1-6-15(14)16)24-17-8-3-4-9-18(17)26-19-10-5-11-20(27-21)23(19)24/h1-13H. The number of para-hydroxylation sites is 3. The van der Waals surface area contributed by atoms with Gasteiger partial charge in [-0.15, -0.1) is 0 Å². The monoisotopic (exact) mass is 351 g/mol. The van der Waals surface area contributed by atoms with Gasteiger partial charge in [-0.05, 0) is 35.7 Å². The average molecular weight is 351 g/mol. The fraction of sp³-hybridized carbons (Fsp3) is 0. The van der Waals surface area contributed by atoms with E-state index >= 15 is 0 Å². The summed E-state index contributed by atoms with van der Waals surface area (Å²) in [4.78, 5) is 13.9. The number of nitrogens with zero attached hydrogens (tertiary/aromatic N) is 1. The molecule has 2 aliphatic rings. The van der Waals surface area contributed by atoms with Gasteiger partial charge in [0.1, 0.15) is 5.69 Å². The second kappa shape index (κ2) is 5.11. The molecule has 4 heteroatoms. The number of ether oxygens (including phenoxy) is 2. The molecule has 0 fully saturated rings. The fourth-order valence-corrected chi connectivity index (χ4v) is 3.97. The summed E-state index contributed by atoms with van der Waals surface area (Å²) in [7, 11) is 0. The lowest BCUT2D eigenvalue weighted by Crippen LogP contribution is -2.20. The van der Waals surface area contributed by atoms with Crippen molar-refractivity contribution in [3.05, 3.63) is 78.4 Å². The highest BCUT2D eigenvalue weighted by Gasteiger charge is 2.35. The van der Waals surface area contributed by atoms with Gasteiger partial charge in [0.25, 0.3) is 0 Å². The van der Waals surface area contributed by atoms with Crippen molar-refractivity contribution >= 4 is 34.1 Å². The smallest absolute Gasteiger partial charge is 0.155 e. The quantitative estimate of drug-likeness (QED) is 0.324. The van der Waals surface area contributed by atoms with Crippen molar-refractivity contribution in [1.82, 2.24) is 0 Å². The van der Waals surface area contributed by atoms with Gasteiger partial charge in [0.15, 0.2) is 29.3 Å². The maximum Gasteiger partial charge on any atom is 0.155 e. The van der Waals surface area contributed by atoms with Crippen molar-refractivity contribution in [2.24, 2.45) is 0 Å². The highest BCUT2D eigenvalue weighted by molar-refractivity contribution is 6.11. The van der Waals surface area contributed by atoms with Crippen LogP contribution in [-0.4, -0.2) is 6.29 Å². The van der Waals surface area contributed by atoms with E-state index in [0.717, 1.165) is 45.6 Å². The Labute approximate surface area is 155 Å². The highest BCUT2D eigenvalue weighted by atomic mass is 16.5. The number of rotatable bonds is 1. The van der Waals surface area contributed by atoms with Gasteiger partial charge in [-0.1, -0.05) is 42.5 Å². The van der Waals surface area contributed by atoms with Crippen LogP contribution in [0.4, 0.5) is 17.1 Å². The first-order chi connectivity index (χ1) is 13.3. The van der Waals surface area contributed by atoms with Crippen molar-refractivity contribution < 1.29 is 14.3 Å². The minimum Gasteiger partial charge on any atom is -0.453 e. The Morgan fingerprint density at radius 2 is 1.33 bits per heavy atom. The van der Waals surface area contributed by atoms with Crippen LogP contribution in [0.3, 0.4) is 0 Å². The number of anilines is 3. The lowest BCUT2D eigenvalue weighted by Gasteiger charge is -2.38. The Balaban J connectivity index is 1.77. The van der Waals surface area contributed by atoms with E-state index in [-0.39, 0.29) is 0 Å². The van der Waals surface area contributed by atoms with E-state index < -0.39 is 0 Å². The number of carbonyl (C=O) groups excluding carboxylic acids is 1. The summed E-state index contributed by atoms with van der Waals surface area (Å²) in [6.45, 7) is 0. The van der Waals surface area contributed by atoms with E-state index in [1.165, 1.54) is 0 Å². The van der Waals surface area contributed by atoms with Crippen molar-refractivity contribution in [1.29, 1.82) is 0 Å². The molecular formula is C23H13NO3. The molecule has 4 aromatic carbocycles. The van der Waals surface area contributed by atoms with E-state index in [1.54, 1.807) is 0 Å². The fourth-order valence-electron chi connectivity index (χ4n) is 3.97. The molecule has 0 bridgehead atoms. The van der Waals surface area contributed by atoms with E-state index in [2.05, 4.69) is 4.90 Å². The van der Waals surface area contributed by atoms with E-state index in [9.17, 15) is 4.79 Å². The molecule has 0 N–H and O–H groups in total. The molecule has 0 saturated carbocycles. The van der Waals surface area contributed by atoms with Crippen LogP contribution in [0.25, 0.3) is 10.8 Å². The third kappa shape index (κ3) is 1.84. The summed E-state index contributed by atoms with van der Waals surface area (Å²) < 4.78 is 12.3. The number of hydrogen-bond donors (Lipinski definition) is 0. The van der Waals surface area contributed by atoms with Gasteiger partial charge in [-0.3, -0.25) is 9.69 Å². The third-order valence-corrected chi connectivity index (χ3v) is 5.10. The Bertz CT molecular complexity index is 1260. The molecule has 0 spiro atoms. The molecule has 2 heterocycles. The maximum absolute atomic E-state index is 11.7. The predicted molar refractivity (Wildman–Crippen MR) is 104 cm³/mol. The van der Waals surface area contributed by atoms with Crippen molar-refractivity contribution in [2.75, 3.05) is 4.90 Å². The van der Waals surface area contributed by atoms with Crippen LogP contribution >= 0.6 is 0 Å². The van der Waals surface area contributed by atoms with Crippen LogP contribution in [0, 0.1) is 0 Å². The highest BCUT2D eigenvalue weighted by Crippen LogP contribution is 2.60. The largest absolute Gasteiger partial charge is 0.453 e. The Kier molecular flexibility index (Phi) is 2.72. The molecule has 0 amide bonds. The average Bonchev–Trinajstić information content (AvgIpc) is 2.72. The molecule has 0 radical (unpaired) electrons. The summed E-state index contributed by atoms with van der Waals surface area (Å²) in [6.07, 6.45) is 0.880. The van der Waals surface area contributed by atoms with Crippen LogP contribution in [-0.2, 0) is 0 Å². The van der Waals surface area contributed by atoms with Crippen LogP contribution in [0.15, 0.2) is 72.8 Å². The zero-order valence-electron chi connectivity index (χ0n) is 14.2. The van der Waals surface area contributed by atoms with Crippen molar-refractivity contribution in [3.63, 3.8) is 0 Å². The molecule has 27 heavy (non-hydrogen) atoms. The Morgan fingerprint density at radius 3 is 2.15 bits per heavy atom. The molecule has 6 rings (SSSR count). The second-order valence-electron chi connectivity index (χ2n) is 6.59. The molecule has 0 unspecified atom stereocenters. The number of fused-ring (bicyclic) bond motifs is 6. The van der Waals surface area contributed by atoms with Gasteiger partial charge < -0.3 is 9.47 Å². The van der Waals surface area contributed by atoms with E-state index in [0.29, 0.717) is 17.1 Å². The molecule has 4 nitrogen and oxygen atoms in total. The summed E-state index contributed by atoms with van der Waals surface area (Å²) in [5.74, 6) is 2.91. The minimum atomic E-state index is 0.616. The number of aldehydes is 1. The summed E-state index contributed by atoms with van der Waals surface area (Å²) in [5, 5.41) is 1.87. The van der Waals surface area contributed by atoms with E-state index in [4.69, 9.17) is 9.47 Å². The SMILES string of the molecule is O=Cc1cc2c(c3ccccc13)N1c3ccccc3Oc3cccc(c31)O2. The van der Waals surface area contributed by atoms with Crippen LogP contribution in [0.1, 0.15) is 10.4 Å². The van der Waals surface area contributed by atoms with Gasteiger partial charge in [0, 0.05) is 10.9 Å². The van der Waals surface area contributed by atoms with Gasteiger partial charge in [0.05, 0.1) is 11.4 Å². The lowest BCUT2D eigenvalue weighted by atomic mass is 9.99. The molecule has 0 atom stereocenters. The first-order valence-corrected chi connectivity index (χ1v) is 8.74. The molecule has 2 aliphatic heterocycles. The first kappa shape index (κ1) is 14.4. The number of hydrogen-bond acceptors (Lipinski definition) is 4. The van der Waals surface area contributed by atoms with Crippen LogP contribution < -0.4 is 14.4 Å². The summed E-state index contributed by atoms with van der Waals surface area (Å²) >= 11 is 0. The molecule has 128 valence electrons. The molecule has 0 aliphatic carbocycles. The van der Waals surface area contributed by atoms with Gasteiger partial charge >= 0.3 is 0 Å². The number of benzene rings is 4. The van der Waals surface area contributed by atoms with Crippen molar-refractivity contribution in [3.8, 4) is 23.0 Å². The predicted octanol–water partition coefficient (Wildman–Crippen LogP) is 6.33. The van der Waals surface area contributed by atoms with Gasteiger partial charge in [-0.2, -0.15) is 0 Å². The van der Waals surface area contributed by atoms with Crippen LogP contribution in [0.2, 0.25) is 0 Å². The molecule has 0 aromatic heterocycles. The molecule has 4 aromatic rings. The molecule has 0 saturated heterocycles. The Morgan fingerprint density at radius 1 is 0.667 bits per heavy atom. The number of carbonyl (C=O) groups is 1. The zero-order chi connectivity index (χ0) is 18.0. The zero-order valence-corrected chi connectivity index (χ0v) is 14.2. The first-order valence-electron chi connectivity index (χ1n) is 8.74.